The summed E-state index contributed by atoms with van der Waals surface area (Å²) in [6, 6.07) is 18.4. The van der Waals surface area contributed by atoms with Crippen LogP contribution in [0, 0.1) is 3.95 Å². The summed E-state index contributed by atoms with van der Waals surface area (Å²) < 4.78 is 7.92. The van der Waals surface area contributed by atoms with Crippen LogP contribution in [0.2, 0.25) is 0 Å². The van der Waals surface area contributed by atoms with Crippen molar-refractivity contribution in [2.75, 3.05) is 25.5 Å². The van der Waals surface area contributed by atoms with E-state index < -0.39 is 0 Å². The fraction of sp³-hybridized carbons (Fsp3) is 0.238. The van der Waals surface area contributed by atoms with Crippen LogP contribution in [0.25, 0.3) is 5.57 Å². The molecule has 1 aromatic heterocycles. The predicted octanol–water partition coefficient (Wildman–Crippen LogP) is 3.76. The second-order valence-electron chi connectivity index (χ2n) is 6.73. The van der Waals surface area contributed by atoms with Gasteiger partial charge in [0.15, 0.2) is 10.6 Å². The molecule has 7 heteroatoms. The average molecular weight is 412 g/mol. The zero-order valence-corrected chi connectivity index (χ0v) is 17.4. The number of nitrogens with zero attached hydrogens (tertiary/aromatic N) is 2. The number of hydrogen-bond donors (Lipinski definition) is 2. The molecule has 2 aromatic carbocycles. The van der Waals surface area contributed by atoms with Crippen LogP contribution in [0.4, 0.5) is 10.8 Å². The Morgan fingerprint density at radius 2 is 1.96 bits per heavy atom. The Morgan fingerprint density at radius 1 is 1.18 bits per heavy atom. The first-order valence-electron chi connectivity index (χ1n) is 9.28. The molecule has 3 aromatic rings. The van der Waals surface area contributed by atoms with Gasteiger partial charge in [-0.25, -0.2) is 0 Å². The number of rotatable bonds is 6. The third kappa shape index (κ3) is 4.49. The number of hydrogen-bond acceptors (Lipinski definition) is 5. The molecule has 0 radical (unpaired) electrons. The van der Waals surface area contributed by atoms with E-state index in [0.29, 0.717) is 0 Å². The third-order valence-electron chi connectivity index (χ3n) is 4.85. The molecule has 0 amide bonds. The van der Waals surface area contributed by atoms with Crippen molar-refractivity contribution in [3.8, 4) is 5.75 Å². The minimum atomic E-state index is 0.790. The summed E-state index contributed by atoms with van der Waals surface area (Å²) in [6.45, 7) is 2.87. The Morgan fingerprint density at radius 3 is 2.64 bits per heavy atom. The molecule has 0 fully saturated rings. The Bertz CT molecular complexity index is 1010. The van der Waals surface area contributed by atoms with E-state index in [1.165, 1.54) is 27.4 Å². The molecule has 0 aliphatic carbocycles. The van der Waals surface area contributed by atoms with E-state index in [9.17, 15) is 0 Å². The smallest absolute Gasteiger partial charge is 0.209 e. The topological polar surface area (TPSA) is 43.5 Å². The van der Waals surface area contributed by atoms with Gasteiger partial charge in [0.05, 0.1) is 20.2 Å². The minimum Gasteiger partial charge on any atom is -0.497 e. The van der Waals surface area contributed by atoms with Crippen LogP contribution in [0.1, 0.15) is 12.0 Å². The summed E-state index contributed by atoms with van der Waals surface area (Å²) in [5.41, 5.74) is 3.74. The van der Waals surface area contributed by atoms with Crippen molar-refractivity contribution in [3.05, 3.63) is 70.2 Å². The van der Waals surface area contributed by atoms with Crippen molar-refractivity contribution in [3.63, 3.8) is 0 Å². The minimum absolute atomic E-state index is 0.790. The molecule has 28 heavy (non-hydrogen) atoms. The quantitative estimate of drug-likeness (QED) is 0.606. The number of ether oxygens (including phenoxy) is 1. The largest absolute Gasteiger partial charge is 0.497 e. The fourth-order valence-electron chi connectivity index (χ4n) is 3.31. The first-order valence-corrected chi connectivity index (χ1v) is 10.5. The summed E-state index contributed by atoms with van der Waals surface area (Å²) in [5, 5.41) is 8.80. The molecule has 0 saturated carbocycles. The van der Waals surface area contributed by atoms with Gasteiger partial charge in [-0.05, 0) is 53.7 Å². The van der Waals surface area contributed by atoms with Gasteiger partial charge < -0.3 is 15.0 Å². The van der Waals surface area contributed by atoms with E-state index in [1.54, 1.807) is 7.11 Å². The van der Waals surface area contributed by atoms with Gasteiger partial charge in [-0.2, -0.15) is 4.68 Å². The van der Waals surface area contributed by atoms with Gasteiger partial charge in [-0.3, -0.25) is 0 Å². The van der Waals surface area contributed by atoms with Crippen LogP contribution in [-0.4, -0.2) is 30.0 Å². The Hall–Kier alpha value is -2.48. The van der Waals surface area contributed by atoms with Crippen molar-refractivity contribution < 1.29 is 9.64 Å². The molecular weight excluding hydrogens is 388 g/mol. The van der Waals surface area contributed by atoms with Crippen LogP contribution in [-0.2, 0) is 6.67 Å². The number of methoxy groups -OCH3 is 1. The van der Waals surface area contributed by atoms with Gasteiger partial charge in [-0.15, -0.1) is 5.10 Å². The van der Waals surface area contributed by atoms with Crippen molar-refractivity contribution in [2.24, 2.45) is 0 Å². The number of quaternary nitrogens is 1. The summed E-state index contributed by atoms with van der Waals surface area (Å²) in [7, 11) is 1.66. The third-order valence-corrected chi connectivity index (χ3v) is 6.07. The average Bonchev–Trinajstić information content (AvgIpc) is 3.08. The normalized spacial score (nSPS) is 16.5. The van der Waals surface area contributed by atoms with Gasteiger partial charge >= 0.3 is 0 Å². The molecule has 1 atom stereocenters. The maximum atomic E-state index is 5.53. The highest BCUT2D eigenvalue weighted by atomic mass is 32.1. The van der Waals surface area contributed by atoms with Crippen molar-refractivity contribution >= 4 is 39.9 Å². The van der Waals surface area contributed by atoms with E-state index in [2.05, 4.69) is 46.8 Å². The highest BCUT2D eigenvalue weighted by molar-refractivity contribution is 7.73. The molecule has 0 saturated heterocycles. The molecule has 1 aliphatic heterocycles. The molecule has 0 bridgehead atoms. The Kier molecular flexibility index (Phi) is 5.85. The lowest BCUT2D eigenvalue weighted by Crippen LogP contribution is -3.11. The molecule has 2 heterocycles. The van der Waals surface area contributed by atoms with Gasteiger partial charge in [-0.1, -0.05) is 41.7 Å². The summed E-state index contributed by atoms with van der Waals surface area (Å²) in [6.07, 6.45) is 3.43. The monoisotopic (exact) mass is 411 g/mol. The first-order chi connectivity index (χ1) is 13.7. The molecule has 2 N–H and O–H groups in total. The zero-order valence-electron chi connectivity index (χ0n) is 15.7. The van der Waals surface area contributed by atoms with Crippen molar-refractivity contribution in [1.29, 1.82) is 0 Å². The number of nitrogens with one attached hydrogen (secondary N) is 2. The highest BCUT2D eigenvalue weighted by Gasteiger charge is 2.17. The van der Waals surface area contributed by atoms with E-state index >= 15 is 0 Å². The number of anilines is 2. The van der Waals surface area contributed by atoms with Gasteiger partial charge in [0.1, 0.15) is 5.75 Å². The van der Waals surface area contributed by atoms with Gasteiger partial charge in [0.2, 0.25) is 5.13 Å². The predicted molar refractivity (Wildman–Crippen MR) is 117 cm³/mol. The molecule has 5 nitrogen and oxygen atoms in total. The lowest BCUT2D eigenvalue weighted by molar-refractivity contribution is -0.918. The zero-order chi connectivity index (χ0) is 19.3. The molecule has 1 aliphatic rings. The molecule has 4 rings (SSSR count). The number of aromatic nitrogens is 2. The van der Waals surface area contributed by atoms with Crippen LogP contribution in [0.3, 0.4) is 0 Å². The van der Waals surface area contributed by atoms with Crippen LogP contribution >= 0.6 is 23.6 Å². The van der Waals surface area contributed by atoms with Crippen LogP contribution in [0.15, 0.2) is 60.7 Å². The fourth-order valence-corrected chi connectivity index (χ4v) is 4.33. The van der Waals surface area contributed by atoms with Crippen LogP contribution in [0.5, 0.6) is 5.75 Å². The maximum Gasteiger partial charge on any atom is 0.209 e. The standard InChI is InChI=1S/C21H22N4OS2/c1-26-19-9-7-18(8-10-19)22-20-23-25(21(27)28-20)15-24-13-11-17(12-14-24)16-5-3-2-4-6-16/h2-11H,12-15H2,1H3,(H,22,23)/p+1. The Labute approximate surface area is 173 Å². The van der Waals surface area contributed by atoms with Crippen molar-refractivity contribution in [1.82, 2.24) is 9.78 Å². The molecule has 1 unspecified atom stereocenters. The second kappa shape index (κ2) is 8.68. The SMILES string of the molecule is COc1ccc(Nc2nn(C[NH+]3CC=C(c4ccccc4)CC3)c(=S)s2)cc1. The number of benzene rings is 2. The van der Waals surface area contributed by atoms with Gasteiger partial charge in [0.25, 0.3) is 0 Å². The highest BCUT2D eigenvalue weighted by Crippen LogP contribution is 2.22. The first kappa shape index (κ1) is 18.9. The van der Waals surface area contributed by atoms with E-state index in [1.807, 2.05) is 28.9 Å². The summed E-state index contributed by atoms with van der Waals surface area (Å²) >= 11 is 7.03. The lowest BCUT2D eigenvalue weighted by atomic mass is 10.00. The molecule has 144 valence electrons. The van der Waals surface area contributed by atoms with E-state index in [-0.39, 0.29) is 0 Å². The molecule has 0 spiro atoms. The van der Waals surface area contributed by atoms with Gasteiger partial charge in [0, 0.05) is 12.1 Å². The van der Waals surface area contributed by atoms with Crippen molar-refractivity contribution in [2.45, 2.75) is 13.1 Å². The van der Waals surface area contributed by atoms with Crippen LogP contribution < -0.4 is 15.0 Å². The molecular formula is C21H23N4OS2+. The summed E-state index contributed by atoms with van der Waals surface area (Å²) in [4.78, 5) is 1.47. The second-order valence-corrected chi connectivity index (χ2v) is 8.36. The Balaban J connectivity index is 1.39. The van der Waals surface area contributed by atoms with E-state index in [4.69, 9.17) is 17.0 Å². The maximum absolute atomic E-state index is 5.53. The van der Waals surface area contributed by atoms with E-state index in [0.717, 1.165) is 46.7 Å². The lowest BCUT2D eigenvalue weighted by Gasteiger charge is -2.23. The summed E-state index contributed by atoms with van der Waals surface area (Å²) in [5.74, 6) is 0.834.